The number of rotatable bonds is 12. The van der Waals surface area contributed by atoms with Crippen molar-refractivity contribution in [3.8, 4) is 55.6 Å². The smallest absolute Gasteiger partial charge is 0.0273 e. The average Bonchev–Trinajstić information content (AvgIpc) is 3.22. The molecule has 0 radical (unpaired) electrons. The molecule has 8 rings (SSSR count). The van der Waals surface area contributed by atoms with Crippen molar-refractivity contribution >= 4 is 21.5 Å². The molecule has 0 unspecified atom stereocenters. The van der Waals surface area contributed by atoms with Gasteiger partial charge in [-0.3, -0.25) is 9.97 Å². The molecule has 254 valence electrons. The highest BCUT2D eigenvalue weighted by Gasteiger charge is 2.18. The lowest BCUT2D eigenvalue weighted by molar-refractivity contribution is 0.608. The molecule has 0 atom stereocenters. The van der Waals surface area contributed by atoms with Gasteiger partial charge in [-0.2, -0.15) is 0 Å². The predicted molar refractivity (Wildman–Crippen MR) is 221 cm³/mol. The van der Waals surface area contributed by atoms with E-state index in [1.54, 1.807) is 0 Å². The number of aryl methyl sites for hydroxylation is 1. The molecule has 2 heteroatoms. The summed E-state index contributed by atoms with van der Waals surface area (Å²) in [5, 5.41) is 5.06. The van der Waals surface area contributed by atoms with Gasteiger partial charge in [0.15, 0.2) is 0 Å². The largest absolute Gasteiger partial charge is 0.265 e. The van der Waals surface area contributed by atoms with Crippen LogP contribution < -0.4 is 0 Å². The SMILES string of the molecule is CCCCCCCCc1ccccc1-c1ccc2c(-c3ccc(-c4ccncc4)cc3)c3ccccc3c(-c3ccc(-c4ccncc4)cc3)c2c1. The Balaban J connectivity index is 1.29. The molecule has 0 amide bonds. The minimum atomic E-state index is 1.11. The fraction of sp³-hybridized carbons (Fsp3) is 0.160. The highest BCUT2D eigenvalue weighted by molar-refractivity contribution is 6.22. The number of unbranched alkanes of at least 4 members (excludes halogenated alkanes) is 5. The first kappa shape index (κ1) is 33.3. The summed E-state index contributed by atoms with van der Waals surface area (Å²) in [5.41, 5.74) is 13.8. The molecule has 0 saturated heterocycles. The highest BCUT2D eigenvalue weighted by Crippen LogP contribution is 2.45. The third kappa shape index (κ3) is 6.90. The Kier molecular flexibility index (Phi) is 9.97. The van der Waals surface area contributed by atoms with Crippen LogP contribution >= 0.6 is 0 Å². The van der Waals surface area contributed by atoms with Gasteiger partial charge >= 0.3 is 0 Å². The van der Waals surface area contributed by atoms with Crippen LogP contribution in [0.5, 0.6) is 0 Å². The van der Waals surface area contributed by atoms with Crippen LogP contribution in [0.15, 0.2) is 164 Å². The van der Waals surface area contributed by atoms with Crippen molar-refractivity contribution in [2.75, 3.05) is 0 Å². The second kappa shape index (κ2) is 15.6. The van der Waals surface area contributed by atoms with Gasteiger partial charge in [-0.15, -0.1) is 0 Å². The van der Waals surface area contributed by atoms with Crippen molar-refractivity contribution in [2.45, 2.75) is 51.9 Å². The van der Waals surface area contributed by atoms with Crippen LogP contribution in [0.25, 0.3) is 77.2 Å². The van der Waals surface area contributed by atoms with E-state index in [4.69, 9.17) is 0 Å². The van der Waals surface area contributed by atoms with Crippen molar-refractivity contribution in [1.29, 1.82) is 0 Å². The maximum atomic E-state index is 4.23. The summed E-state index contributed by atoms with van der Waals surface area (Å²) in [6.07, 6.45) is 16.4. The molecule has 52 heavy (non-hydrogen) atoms. The minimum Gasteiger partial charge on any atom is -0.265 e. The van der Waals surface area contributed by atoms with Crippen LogP contribution in [-0.4, -0.2) is 9.97 Å². The quantitative estimate of drug-likeness (QED) is 0.0953. The van der Waals surface area contributed by atoms with E-state index < -0.39 is 0 Å². The van der Waals surface area contributed by atoms with E-state index in [9.17, 15) is 0 Å². The topological polar surface area (TPSA) is 25.8 Å². The number of benzene rings is 6. The fourth-order valence-corrected chi connectivity index (χ4v) is 7.83. The highest BCUT2D eigenvalue weighted by atomic mass is 14.6. The number of nitrogens with zero attached hydrogens (tertiary/aromatic N) is 2. The maximum absolute atomic E-state index is 4.23. The first-order chi connectivity index (χ1) is 25.8. The molecule has 0 aliphatic heterocycles. The first-order valence-corrected chi connectivity index (χ1v) is 18.9. The van der Waals surface area contributed by atoms with Crippen LogP contribution in [-0.2, 0) is 6.42 Å². The molecule has 0 fully saturated rings. The van der Waals surface area contributed by atoms with Crippen LogP contribution in [0.3, 0.4) is 0 Å². The average molecular weight is 673 g/mol. The van der Waals surface area contributed by atoms with Gasteiger partial charge in [0.05, 0.1) is 0 Å². The van der Waals surface area contributed by atoms with Crippen LogP contribution in [0.1, 0.15) is 51.0 Å². The summed E-state index contributed by atoms with van der Waals surface area (Å²) in [5.74, 6) is 0. The number of fused-ring (bicyclic) bond motifs is 2. The first-order valence-electron chi connectivity index (χ1n) is 18.9. The fourth-order valence-electron chi connectivity index (χ4n) is 7.83. The van der Waals surface area contributed by atoms with E-state index in [2.05, 4.69) is 156 Å². The molecule has 0 bridgehead atoms. The van der Waals surface area contributed by atoms with Gasteiger partial charge in [0, 0.05) is 24.8 Å². The van der Waals surface area contributed by atoms with E-state index >= 15 is 0 Å². The molecular weight excluding hydrogens is 629 g/mol. The van der Waals surface area contributed by atoms with Crippen molar-refractivity contribution < 1.29 is 0 Å². The Bertz CT molecular complexity index is 2410. The monoisotopic (exact) mass is 672 g/mol. The lowest BCUT2D eigenvalue weighted by atomic mass is 9.84. The molecule has 6 aromatic carbocycles. The minimum absolute atomic E-state index is 1.11. The zero-order chi connectivity index (χ0) is 35.1. The summed E-state index contributed by atoms with van der Waals surface area (Å²) in [6.45, 7) is 2.29. The molecule has 2 nitrogen and oxygen atoms in total. The second-order valence-electron chi connectivity index (χ2n) is 13.9. The van der Waals surface area contributed by atoms with Gasteiger partial charge < -0.3 is 0 Å². The van der Waals surface area contributed by atoms with Crippen LogP contribution in [0.2, 0.25) is 0 Å². The molecule has 0 aliphatic rings. The maximum Gasteiger partial charge on any atom is 0.0273 e. The summed E-state index contributed by atoms with van der Waals surface area (Å²) < 4.78 is 0. The van der Waals surface area contributed by atoms with E-state index in [-0.39, 0.29) is 0 Å². The zero-order valence-electron chi connectivity index (χ0n) is 29.9. The number of pyridine rings is 2. The molecule has 8 aromatic rings. The number of hydrogen-bond acceptors (Lipinski definition) is 2. The zero-order valence-corrected chi connectivity index (χ0v) is 29.9. The number of aromatic nitrogens is 2. The summed E-state index contributed by atoms with van der Waals surface area (Å²) in [4.78, 5) is 8.44. The normalized spacial score (nSPS) is 11.3. The van der Waals surface area contributed by atoms with Gasteiger partial charge in [-0.25, -0.2) is 0 Å². The third-order valence-corrected chi connectivity index (χ3v) is 10.5. The van der Waals surface area contributed by atoms with E-state index in [1.165, 1.54) is 121 Å². The Morgan fingerprint density at radius 2 is 0.808 bits per heavy atom. The summed E-state index contributed by atoms with van der Waals surface area (Å²) in [7, 11) is 0. The molecule has 2 aromatic heterocycles. The van der Waals surface area contributed by atoms with Gasteiger partial charge in [-0.1, -0.05) is 148 Å². The van der Waals surface area contributed by atoms with Gasteiger partial charge in [0.2, 0.25) is 0 Å². The lowest BCUT2D eigenvalue weighted by Gasteiger charge is -2.20. The van der Waals surface area contributed by atoms with Crippen LogP contribution in [0, 0.1) is 0 Å². The van der Waals surface area contributed by atoms with E-state index in [0.717, 1.165) is 6.42 Å². The third-order valence-electron chi connectivity index (χ3n) is 10.5. The Labute approximate surface area is 307 Å². The standard InChI is InChI=1S/C50H44N2/c1-2-3-4-5-6-7-12-40-13-8-9-14-44(40)43-25-26-47-48(35-43)50(42-23-19-37(20-24-42)39-29-33-52-34-30-39)46-16-11-10-15-45(46)49(47)41-21-17-36(18-22-41)38-27-31-51-32-28-38/h8-11,13-35H,2-7,12H2,1H3. The van der Waals surface area contributed by atoms with Crippen molar-refractivity contribution in [1.82, 2.24) is 9.97 Å². The number of hydrogen-bond donors (Lipinski definition) is 0. The van der Waals surface area contributed by atoms with Gasteiger partial charge in [0.1, 0.15) is 0 Å². The Morgan fingerprint density at radius 1 is 0.365 bits per heavy atom. The van der Waals surface area contributed by atoms with Crippen molar-refractivity contribution in [3.63, 3.8) is 0 Å². The summed E-state index contributed by atoms with van der Waals surface area (Å²) in [6, 6.07) is 51.6. The van der Waals surface area contributed by atoms with E-state index in [1.807, 2.05) is 24.8 Å². The van der Waals surface area contributed by atoms with Crippen molar-refractivity contribution in [3.05, 3.63) is 170 Å². The Morgan fingerprint density at radius 3 is 1.40 bits per heavy atom. The van der Waals surface area contributed by atoms with Gasteiger partial charge in [-0.05, 0) is 126 Å². The predicted octanol–water partition coefficient (Wildman–Crippen LogP) is 14.0. The molecule has 2 heterocycles. The lowest BCUT2D eigenvalue weighted by Crippen LogP contribution is -1.94. The Hall–Kier alpha value is -5.86. The second-order valence-corrected chi connectivity index (χ2v) is 13.9. The molecule has 0 N–H and O–H groups in total. The summed E-state index contributed by atoms with van der Waals surface area (Å²) >= 11 is 0. The van der Waals surface area contributed by atoms with Gasteiger partial charge in [0.25, 0.3) is 0 Å². The molecular formula is C50H44N2. The molecule has 0 spiro atoms. The van der Waals surface area contributed by atoms with Crippen LogP contribution in [0.4, 0.5) is 0 Å². The van der Waals surface area contributed by atoms with Crippen molar-refractivity contribution in [2.24, 2.45) is 0 Å². The molecule has 0 aliphatic carbocycles. The van der Waals surface area contributed by atoms with E-state index in [0.29, 0.717) is 0 Å². The molecule has 0 saturated carbocycles.